The molecule has 0 spiro atoms. The maximum Gasteiger partial charge on any atom is 0.255 e. The molecular weight excluding hydrogens is 366 g/mol. The van der Waals surface area contributed by atoms with Crippen LogP contribution in [-0.2, 0) is 6.61 Å². The number of aryl methyl sites for hydroxylation is 1. The Balaban J connectivity index is 1.53. The highest BCUT2D eigenvalue weighted by Gasteiger charge is 2.12. The fraction of sp³-hybridized carbons (Fsp3) is 0.0909. The van der Waals surface area contributed by atoms with Crippen molar-refractivity contribution in [3.05, 3.63) is 95.8 Å². The van der Waals surface area contributed by atoms with E-state index in [1.807, 2.05) is 61.5 Å². The first-order valence-corrected chi connectivity index (χ1v) is 9.11. The molecule has 0 aliphatic rings. The van der Waals surface area contributed by atoms with E-state index in [0.29, 0.717) is 29.3 Å². The molecule has 1 amide bonds. The van der Waals surface area contributed by atoms with Gasteiger partial charge in [0.15, 0.2) is 0 Å². The second-order valence-corrected chi connectivity index (χ2v) is 6.53. The predicted octanol–water partition coefficient (Wildman–Crippen LogP) is 3.80. The third-order valence-corrected chi connectivity index (χ3v) is 4.34. The molecule has 0 unspecified atom stereocenters. The Morgan fingerprint density at radius 3 is 2.69 bits per heavy atom. The number of anilines is 1. The summed E-state index contributed by atoms with van der Waals surface area (Å²) in [7, 11) is 0. The van der Waals surface area contributed by atoms with Gasteiger partial charge in [0.05, 0.1) is 11.4 Å². The van der Waals surface area contributed by atoms with E-state index < -0.39 is 0 Å². The fourth-order valence-corrected chi connectivity index (χ4v) is 2.85. The van der Waals surface area contributed by atoms with Crippen LogP contribution >= 0.6 is 0 Å². The van der Waals surface area contributed by atoms with Gasteiger partial charge in [-0.1, -0.05) is 42.5 Å². The molecule has 0 fully saturated rings. The molecule has 0 saturated heterocycles. The Morgan fingerprint density at radius 2 is 1.90 bits per heavy atom. The van der Waals surface area contributed by atoms with Crippen LogP contribution in [0.3, 0.4) is 0 Å². The summed E-state index contributed by atoms with van der Waals surface area (Å²) in [5, 5.41) is 14.0. The van der Waals surface area contributed by atoms with Gasteiger partial charge in [-0.3, -0.25) is 4.79 Å². The molecule has 0 aliphatic carbocycles. The van der Waals surface area contributed by atoms with Crippen LogP contribution in [0.15, 0.2) is 79.1 Å². The first-order chi connectivity index (χ1) is 14.2. The van der Waals surface area contributed by atoms with E-state index in [2.05, 4.69) is 20.8 Å². The number of carbonyl (C=O) groups is 1. The highest BCUT2D eigenvalue weighted by atomic mass is 16.5. The zero-order chi connectivity index (χ0) is 20.1. The van der Waals surface area contributed by atoms with Crippen LogP contribution in [0.5, 0.6) is 5.75 Å². The van der Waals surface area contributed by atoms with Crippen molar-refractivity contribution in [2.75, 3.05) is 5.32 Å². The molecule has 1 heterocycles. The molecule has 4 aromatic rings. The van der Waals surface area contributed by atoms with E-state index in [4.69, 9.17) is 4.74 Å². The normalized spacial score (nSPS) is 10.5. The highest BCUT2D eigenvalue weighted by Crippen LogP contribution is 2.27. The molecule has 0 atom stereocenters. The molecule has 0 bridgehead atoms. The largest absolute Gasteiger partial charge is 0.487 e. The summed E-state index contributed by atoms with van der Waals surface area (Å²) >= 11 is 0. The maximum absolute atomic E-state index is 12.8. The van der Waals surface area contributed by atoms with Gasteiger partial charge < -0.3 is 10.1 Å². The Hall–Kier alpha value is -4.00. The van der Waals surface area contributed by atoms with Gasteiger partial charge in [-0.05, 0) is 58.8 Å². The number of benzene rings is 3. The lowest BCUT2D eigenvalue weighted by molar-refractivity contribution is 0.102. The summed E-state index contributed by atoms with van der Waals surface area (Å²) in [6, 6.07) is 22.7. The van der Waals surface area contributed by atoms with Crippen molar-refractivity contribution >= 4 is 11.6 Å². The van der Waals surface area contributed by atoms with Gasteiger partial charge in [-0.15, -0.1) is 5.10 Å². The number of nitrogens with one attached hydrogen (secondary N) is 1. The van der Waals surface area contributed by atoms with Crippen LogP contribution in [0.2, 0.25) is 0 Å². The number of ether oxygens (including phenoxy) is 1. The highest BCUT2D eigenvalue weighted by molar-refractivity contribution is 6.05. The predicted molar refractivity (Wildman–Crippen MR) is 109 cm³/mol. The van der Waals surface area contributed by atoms with Gasteiger partial charge in [0.2, 0.25) is 0 Å². The van der Waals surface area contributed by atoms with Gasteiger partial charge in [0, 0.05) is 5.56 Å². The van der Waals surface area contributed by atoms with Crippen molar-refractivity contribution in [2.45, 2.75) is 13.5 Å². The summed E-state index contributed by atoms with van der Waals surface area (Å²) in [5.41, 5.74) is 3.91. The summed E-state index contributed by atoms with van der Waals surface area (Å²) in [5.74, 6) is 0.382. The van der Waals surface area contributed by atoms with E-state index in [1.54, 1.807) is 18.2 Å². The lowest BCUT2D eigenvalue weighted by Gasteiger charge is -2.14. The standard InChI is InChI=1S/C22H19N5O2/c1-16-10-11-20(21(12-16)29-14-17-6-3-2-4-7-17)24-22(28)18-8-5-9-19(13-18)27-15-23-25-26-27/h2-13,15H,14H2,1H3,(H,24,28). The van der Waals surface area contributed by atoms with E-state index >= 15 is 0 Å². The van der Waals surface area contributed by atoms with Gasteiger partial charge in [-0.25, -0.2) is 4.68 Å². The number of hydrogen-bond acceptors (Lipinski definition) is 5. The van der Waals surface area contributed by atoms with Crippen LogP contribution in [0.4, 0.5) is 5.69 Å². The van der Waals surface area contributed by atoms with Crippen molar-refractivity contribution in [2.24, 2.45) is 0 Å². The van der Waals surface area contributed by atoms with Gasteiger partial charge in [0.1, 0.15) is 18.7 Å². The molecule has 3 aromatic carbocycles. The lowest BCUT2D eigenvalue weighted by atomic mass is 10.1. The average molecular weight is 385 g/mol. The summed E-state index contributed by atoms with van der Waals surface area (Å²) < 4.78 is 7.48. The first kappa shape index (κ1) is 18.4. The van der Waals surface area contributed by atoms with Crippen molar-refractivity contribution in [1.29, 1.82) is 0 Å². The number of carbonyl (C=O) groups excluding carboxylic acids is 1. The molecule has 1 N–H and O–H groups in total. The second kappa shape index (κ2) is 8.35. The van der Waals surface area contributed by atoms with Crippen LogP contribution in [0, 0.1) is 6.92 Å². The zero-order valence-electron chi connectivity index (χ0n) is 15.8. The van der Waals surface area contributed by atoms with Crippen LogP contribution in [-0.4, -0.2) is 26.1 Å². The number of rotatable bonds is 6. The lowest BCUT2D eigenvalue weighted by Crippen LogP contribution is -2.13. The number of amides is 1. The molecule has 1 aromatic heterocycles. The van der Waals surface area contributed by atoms with Gasteiger partial charge in [0.25, 0.3) is 5.91 Å². The molecule has 0 aliphatic heterocycles. The van der Waals surface area contributed by atoms with Crippen LogP contribution in [0.1, 0.15) is 21.5 Å². The molecule has 4 rings (SSSR count). The Kier molecular flexibility index (Phi) is 5.29. The Bertz CT molecular complexity index is 1110. The third-order valence-electron chi connectivity index (χ3n) is 4.34. The second-order valence-electron chi connectivity index (χ2n) is 6.53. The molecule has 0 saturated carbocycles. The minimum Gasteiger partial charge on any atom is -0.487 e. The quantitative estimate of drug-likeness (QED) is 0.546. The third kappa shape index (κ3) is 4.47. The summed E-state index contributed by atoms with van der Waals surface area (Å²) in [4.78, 5) is 12.8. The topological polar surface area (TPSA) is 81.9 Å². The number of tetrazole rings is 1. The smallest absolute Gasteiger partial charge is 0.255 e. The number of nitrogens with zero attached hydrogens (tertiary/aromatic N) is 4. The van der Waals surface area contributed by atoms with Crippen molar-refractivity contribution in [3.8, 4) is 11.4 Å². The van der Waals surface area contributed by atoms with E-state index in [9.17, 15) is 4.79 Å². The van der Waals surface area contributed by atoms with Crippen molar-refractivity contribution < 1.29 is 9.53 Å². The molecule has 144 valence electrons. The Morgan fingerprint density at radius 1 is 1.03 bits per heavy atom. The first-order valence-electron chi connectivity index (χ1n) is 9.11. The monoisotopic (exact) mass is 385 g/mol. The van der Waals surface area contributed by atoms with Gasteiger partial charge >= 0.3 is 0 Å². The molecule has 7 nitrogen and oxygen atoms in total. The molecule has 29 heavy (non-hydrogen) atoms. The van der Waals surface area contributed by atoms with Crippen LogP contribution in [0.25, 0.3) is 5.69 Å². The molecular formula is C22H19N5O2. The minimum atomic E-state index is -0.242. The van der Waals surface area contributed by atoms with E-state index in [1.165, 1.54) is 11.0 Å². The zero-order valence-corrected chi connectivity index (χ0v) is 15.8. The fourth-order valence-electron chi connectivity index (χ4n) is 2.85. The summed E-state index contributed by atoms with van der Waals surface area (Å²) in [6.07, 6.45) is 1.48. The minimum absolute atomic E-state index is 0.242. The number of aromatic nitrogens is 4. The number of hydrogen-bond donors (Lipinski definition) is 1. The average Bonchev–Trinajstić information content (AvgIpc) is 3.30. The van der Waals surface area contributed by atoms with Crippen molar-refractivity contribution in [3.63, 3.8) is 0 Å². The Labute approximate surface area is 168 Å². The van der Waals surface area contributed by atoms with Crippen LogP contribution < -0.4 is 10.1 Å². The van der Waals surface area contributed by atoms with Gasteiger partial charge in [-0.2, -0.15) is 0 Å². The molecule has 7 heteroatoms. The SMILES string of the molecule is Cc1ccc(NC(=O)c2cccc(-n3cnnn3)c2)c(OCc2ccccc2)c1. The van der Waals surface area contributed by atoms with Crippen molar-refractivity contribution in [1.82, 2.24) is 20.2 Å². The summed E-state index contributed by atoms with van der Waals surface area (Å²) in [6.45, 7) is 2.40. The van der Waals surface area contributed by atoms with E-state index in [0.717, 1.165) is 11.1 Å². The molecule has 0 radical (unpaired) electrons. The maximum atomic E-state index is 12.8. The van der Waals surface area contributed by atoms with E-state index in [-0.39, 0.29) is 5.91 Å².